The smallest absolute Gasteiger partial charge is 0.0126 e. The normalized spacial score (nSPS) is 28.0. The highest BCUT2D eigenvalue weighted by Gasteiger charge is 2.40. The lowest BCUT2D eigenvalue weighted by molar-refractivity contribution is 0.109. The zero-order valence-electron chi connectivity index (χ0n) is 13.4. The van der Waals surface area contributed by atoms with E-state index < -0.39 is 0 Å². The molecular formula is C16H34N2. The van der Waals surface area contributed by atoms with E-state index in [9.17, 15) is 0 Å². The van der Waals surface area contributed by atoms with Gasteiger partial charge in [0.25, 0.3) is 0 Å². The largest absolute Gasteiger partial charge is 0.330 e. The Labute approximate surface area is 114 Å². The molecule has 18 heavy (non-hydrogen) atoms. The van der Waals surface area contributed by atoms with Gasteiger partial charge in [-0.15, -0.1) is 0 Å². The number of rotatable bonds is 6. The Morgan fingerprint density at radius 3 is 2.28 bits per heavy atom. The first-order valence-electron chi connectivity index (χ1n) is 7.65. The van der Waals surface area contributed by atoms with E-state index in [2.05, 4.69) is 46.4 Å². The van der Waals surface area contributed by atoms with Gasteiger partial charge in [0.15, 0.2) is 0 Å². The lowest BCUT2D eigenvalue weighted by Gasteiger charge is -2.38. The zero-order chi connectivity index (χ0) is 14.0. The summed E-state index contributed by atoms with van der Waals surface area (Å²) in [5.41, 5.74) is 6.67. The maximum atomic E-state index is 5.91. The molecule has 108 valence electrons. The second kappa shape index (κ2) is 5.92. The van der Waals surface area contributed by atoms with Gasteiger partial charge in [0.05, 0.1) is 0 Å². The van der Waals surface area contributed by atoms with Crippen molar-refractivity contribution in [3.8, 4) is 0 Å². The molecule has 0 aromatic carbocycles. The number of nitrogens with two attached hydrogens (primary N) is 1. The fourth-order valence-electron chi connectivity index (χ4n) is 3.61. The molecule has 0 spiro atoms. The Morgan fingerprint density at radius 2 is 1.89 bits per heavy atom. The van der Waals surface area contributed by atoms with Crippen LogP contribution in [0.15, 0.2) is 0 Å². The topological polar surface area (TPSA) is 29.3 Å². The quantitative estimate of drug-likeness (QED) is 0.786. The van der Waals surface area contributed by atoms with Crippen LogP contribution in [0, 0.1) is 16.7 Å². The molecule has 0 aromatic heterocycles. The van der Waals surface area contributed by atoms with Gasteiger partial charge in [-0.25, -0.2) is 0 Å². The van der Waals surface area contributed by atoms with Crippen LogP contribution in [0.25, 0.3) is 0 Å². The van der Waals surface area contributed by atoms with Crippen LogP contribution in [0.2, 0.25) is 0 Å². The van der Waals surface area contributed by atoms with Crippen LogP contribution in [-0.4, -0.2) is 30.6 Å². The summed E-state index contributed by atoms with van der Waals surface area (Å²) in [6, 6.07) is 0.755. The molecule has 1 aliphatic carbocycles. The van der Waals surface area contributed by atoms with Crippen LogP contribution < -0.4 is 5.73 Å². The second-order valence-corrected chi connectivity index (χ2v) is 7.96. The molecule has 2 unspecified atom stereocenters. The van der Waals surface area contributed by atoms with Crippen molar-refractivity contribution < 1.29 is 0 Å². The first-order chi connectivity index (χ1) is 8.21. The summed E-state index contributed by atoms with van der Waals surface area (Å²) in [6.45, 7) is 17.3. The molecular weight excluding hydrogens is 220 g/mol. The standard InChI is InChI=1S/C16H34N2/c1-7-8-18(12-16(5,6)11-17)14-10-15(3,4)9-13(14)2/h13-14H,7-12,17H2,1-6H3. The van der Waals surface area contributed by atoms with E-state index in [1.54, 1.807) is 0 Å². The van der Waals surface area contributed by atoms with Crippen LogP contribution in [-0.2, 0) is 0 Å². The Hall–Kier alpha value is -0.0800. The van der Waals surface area contributed by atoms with Gasteiger partial charge in [0.1, 0.15) is 0 Å². The summed E-state index contributed by atoms with van der Waals surface area (Å²) in [4.78, 5) is 2.71. The van der Waals surface area contributed by atoms with Gasteiger partial charge in [-0.3, -0.25) is 4.90 Å². The lowest BCUT2D eigenvalue weighted by Crippen LogP contribution is -2.45. The first-order valence-corrected chi connectivity index (χ1v) is 7.65. The van der Waals surface area contributed by atoms with Crippen molar-refractivity contribution in [1.29, 1.82) is 0 Å². The minimum Gasteiger partial charge on any atom is -0.330 e. The maximum absolute atomic E-state index is 5.91. The van der Waals surface area contributed by atoms with Crippen molar-refractivity contribution in [1.82, 2.24) is 4.90 Å². The molecule has 0 saturated heterocycles. The Balaban J connectivity index is 2.73. The third-order valence-corrected chi connectivity index (χ3v) is 4.46. The molecule has 1 fully saturated rings. The third-order valence-electron chi connectivity index (χ3n) is 4.46. The van der Waals surface area contributed by atoms with E-state index in [0.29, 0.717) is 5.41 Å². The lowest BCUT2D eigenvalue weighted by atomic mass is 9.90. The van der Waals surface area contributed by atoms with Gasteiger partial charge in [-0.1, -0.05) is 41.5 Å². The maximum Gasteiger partial charge on any atom is 0.0126 e. The van der Waals surface area contributed by atoms with E-state index in [1.807, 2.05) is 0 Å². The molecule has 1 rings (SSSR count). The van der Waals surface area contributed by atoms with Crippen molar-refractivity contribution in [2.75, 3.05) is 19.6 Å². The molecule has 0 bridgehead atoms. The molecule has 1 aliphatic rings. The second-order valence-electron chi connectivity index (χ2n) is 7.96. The summed E-state index contributed by atoms with van der Waals surface area (Å²) in [5, 5.41) is 0. The Kier molecular flexibility index (Phi) is 5.25. The molecule has 0 radical (unpaired) electrons. The van der Waals surface area contributed by atoms with Gasteiger partial charge >= 0.3 is 0 Å². The monoisotopic (exact) mass is 254 g/mol. The van der Waals surface area contributed by atoms with Crippen LogP contribution in [0.4, 0.5) is 0 Å². The van der Waals surface area contributed by atoms with Gasteiger partial charge in [-0.2, -0.15) is 0 Å². The molecule has 2 atom stereocenters. The number of hydrogen-bond acceptors (Lipinski definition) is 2. The zero-order valence-corrected chi connectivity index (χ0v) is 13.4. The van der Waals surface area contributed by atoms with Crippen LogP contribution >= 0.6 is 0 Å². The highest BCUT2D eigenvalue weighted by molar-refractivity contribution is 4.93. The van der Waals surface area contributed by atoms with Gasteiger partial charge in [0, 0.05) is 12.6 Å². The number of hydrogen-bond donors (Lipinski definition) is 1. The van der Waals surface area contributed by atoms with Gasteiger partial charge in [-0.05, 0) is 49.1 Å². The summed E-state index contributed by atoms with van der Waals surface area (Å²) in [5.74, 6) is 0.820. The van der Waals surface area contributed by atoms with Gasteiger partial charge in [0.2, 0.25) is 0 Å². The van der Waals surface area contributed by atoms with E-state index >= 15 is 0 Å². The van der Waals surface area contributed by atoms with Gasteiger partial charge < -0.3 is 5.73 Å². The average molecular weight is 254 g/mol. The predicted molar refractivity (Wildman–Crippen MR) is 80.7 cm³/mol. The summed E-state index contributed by atoms with van der Waals surface area (Å²) in [6.07, 6.45) is 3.94. The molecule has 2 nitrogen and oxygen atoms in total. The fraction of sp³-hybridized carbons (Fsp3) is 1.00. The van der Waals surface area contributed by atoms with Crippen molar-refractivity contribution in [3.63, 3.8) is 0 Å². The summed E-state index contributed by atoms with van der Waals surface area (Å²) >= 11 is 0. The molecule has 2 heteroatoms. The van der Waals surface area contributed by atoms with E-state index in [0.717, 1.165) is 25.0 Å². The molecule has 0 aromatic rings. The Bertz CT molecular complexity index is 258. The first kappa shape index (κ1) is 16.0. The summed E-state index contributed by atoms with van der Waals surface area (Å²) < 4.78 is 0. The Morgan fingerprint density at radius 1 is 1.28 bits per heavy atom. The highest BCUT2D eigenvalue weighted by atomic mass is 15.2. The molecule has 1 saturated carbocycles. The van der Waals surface area contributed by atoms with Crippen LogP contribution in [0.3, 0.4) is 0 Å². The summed E-state index contributed by atoms with van der Waals surface area (Å²) in [7, 11) is 0. The molecule has 0 aliphatic heterocycles. The van der Waals surface area contributed by atoms with Crippen molar-refractivity contribution in [2.24, 2.45) is 22.5 Å². The highest BCUT2D eigenvalue weighted by Crippen LogP contribution is 2.43. The molecule has 2 N–H and O–H groups in total. The third kappa shape index (κ3) is 4.24. The number of nitrogens with zero attached hydrogens (tertiary/aromatic N) is 1. The van der Waals surface area contributed by atoms with E-state index in [4.69, 9.17) is 5.73 Å². The predicted octanol–water partition coefficient (Wildman–Crippen LogP) is 3.51. The van der Waals surface area contributed by atoms with Crippen LogP contribution in [0.5, 0.6) is 0 Å². The van der Waals surface area contributed by atoms with Crippen LogP contribution in [0.1, 0.15) is 60.8 Å². The minimum atomic E-state index is 0.238. The molecule has 0 heterocycles. The van der Waals surface area contributed by atoms with Crippen molar-refractivity contribution in [2.45, 2.75) is 66.8 Å². The average Bonchev–Trinajstić information content (AvgIpc) is 2.51. The minimum absolute atomic E-state index is 0.238. The SMILES string of the molecule is CCCN(CC(C)(C)CN)C1CC(C)(C)CC1C. The fourth-order valence-corrected chi connectivity index (χ4v) is 3.61. The van der Waals surface area contributed by atoms with E-state index in [1.165, 1.54) is 25.8 Å². The molecule has 0 amide bonds. The van der Waals surface area contributed by atoms with Crippen molar-refractivity contribution in [3.05, 3.63) is 0 Å². The van der Waals surface area contributed by atoms with Crippen molar-refractivity contribution >= 4 is 0 Å². The van der Waals surface area contributed by atoms with E-state index in [-0.39, 0.29) is 5.41 Å².